The minimum absolute atomic E-state index is 0.0180. The summed E-state index contributed by atoms with van der Waals surface area (Å²) >= 11 is 0. The van der Waals surface area contributed by atoms with Crippen molar-refractivity contribution in [2.24, 2.45) is 5.92 Å². The Morgan fingerprint density at radius 1 is 0.730 bits per heavy atom. The third-order valence-electron chi connectivity index (χ3n) is 12.1. The van der Waals surface area contributed by atoms with Gasteiger partial charge in [0, 0.05) is 25.5 Å². The van der Waals surface area contributed by atoms with Crippen molar-refractivity contribution in [2.75, 3.05) is 25.6 Å². The van der Waals surface area contributed by atoms with Gasteiger partial charge in [0.2, 0.25) is 0 Å². The number of nitrogens with zero attached hydrogens (tertiary/aromatic N) is 2. The van der Waals surface area contributed by atoms with Gasteiger partial charge >= 0.3 is 33.3 Å². The van der Waals surface area contributed by atoms with E-state index >= 15 is 0 Å². The highest BCUT2D eigenvalue weighted by Crippen LogP contribution is 2.60. The zero-order valence-electron chi connectivity index (χ0n) is 44.3. The third kappa shape index (κ3) is 32.7. The van der Waals surface area contributed by atoms with Crippen molar-refractivity contribution in [3.63, 3.8) is 0 Å². The monoisotopic (exact) mass is 1090 g/mol. The van der Waals surface area contributed by atoms with Crippen molar-refractivity contribution < 1.29 is 71.1 Å². The second-order valence-corrected chi connectivity index (χ2v) is 22.3. The molecule has 21 heteroatoms. The molecule has 1 aromatic heterocycles. The number of aliphatic hydroxyl groups excluding tert-OH is 2. The van der Waals surface area contributed by atoms with Crippen LogP contribution < -0.4 is 11.4 Å². The van der Waals surface area contributed by atoms with Gasteiger partial charge in [0.25, 0.3) is 0 Å². The molecule has 6 N–H and O–H groups in total. The molecule has 422 valence electrons. The predicted octanol–water partition coefficient (Wildman–Crippen LogP) is 10.8. The number of aromatic nitrogens is 2. The normalized spacial score (nSPS) is 19.2. The lowest BCUT2D eigenvalue weighted by Gasteiger charge is -2.21. The number of aliphatic hydroxyl groups is 2. The van der Waals surface area contributed by atoms with Gasteiger partial charge in [0.1, 0.15) is 30.7 Å². The Balaban J connectivity index is 1.83. The van der Waals surface area contributed by atoms with E-state index in [-0.39, 0.29) is 37.3 Å². The van der Waals surface area contributed by atoms with Gasteiger partial charge in [-0.1, -0.05) is 172 Å². The number of carbonyl (C=O) groups excluding carboxylic acids is 3. The SMILES string of the molecule is CCCCC/C=C\C/C=C\C/C=C\C=C\C(=O)CCCC(=O)O[C@H](COC(=O)CCCCCCCCCCCCCCCCCC(C)C)COP(=O)(O)OP(=O)(O)OC[C@H]1O[C@@H](n2ccc(N)nc2=O)[C@H](O)[C@@H]1O. The number of hydrogen-bond acceptors (Lipinski definition) is 16. The van der Waals surface area contributed by atoms with E-state index in [2.05, 4.69) is 48.3 Å². The molecule has 2 heterocycles. The van der Waals surface area contributed by atoms with Crippen LogP contribution in [0.1, 0.15) is 194 Å². The quantitative estimate of drug-likeness (QED) is 0.0101. The summed E-state index contributed by atoms with van der Waals surface area (Å²) in [6, 6.07) is 1.23. The number of esters is 2. The van der Waals surface area contributed by atoms with Crippen LogP contribution in [-0.4, -0.2) is 91.5 Å². The van der Waals surface area contributed by atoms with Crippen LogP contribution in [0.25, 0.3) is 0 Å². The van der Waals surface area contributed by atoms with E-state index < -0.39 is 83.7 Å². The summed E-state index contributed by atoms with van der Waals surface area (Å²) in [5, 5.41) is 20.9. The third-order valence-corrected chi connectivity index (χ3v) is 14.7. The molecular weight excluding hydrogens is 997 g/mol. The molecule has 0 saturated carbocycles. The van der Waals surface area contributed by atoms with Crippen molar-refractivity contribution in [3.8, 4) is 0 Å². The van der Waals surface area contributed by atoms with E-state index in [1.807, 2.05) is 12.2 Å². The standard InChI is InChI=1S/C53H89N3O16P2/c1-4-5-6-7-8-9-10-14-18-21-24-27-30-34-44(57)35-32-37-49(59)70-45(40-67-48(58)36-31-28-25-22-19-16-13-11-12-15-17-20-23-26-29-33-43(2)3)41-68-73(63,64)72-74(65,66)69-42-46-50(60)51(61)52(71-46)56-39-38-47(54)55-53(56)62/h8-9,14,18,24,27,30,34,38-39,43,45-46,50-52,60-61H,4-7,10-13,15-17,19-23,25-26,28-29,31-33,35-37,40-42H2,1-3H3,(H,63,64)(H,65,66)(H2,54,55,62)/b9-8-,18-14-,27-24-,34-30+/t45-,46-,50-,51-,52-/m1/s1. The Morgan fingerprint density at radius 3 is 1.93 bits per heavy atom. The second-order valence-electron chi connectivity index (χ2n) is 19.2. The minimum atomic E-state index is -5.48. The fourth-order valence-electron chi connectivity index (χ4n) is 7.86. The van der Waals surface area contributed by atoms with Crippen molar-refractivity contribution in [1.29, 1.82) is 0 Å². The van der Waals surface area contributed by atoms with Gasteiger partial charge < -0.3 is 39.9 Å². The van der Waals surface area contributed by atoms with Crippen LogP contribution in [-0.2, 0) is 51.1 Å². The Morgan fingerprint density at radius 2 is 1.31 bits per heavy atom. The summed E-state index contributed by atoms with van der Waals surface area (Å²) in [5.41, 5.74) is 4.57. The molecule has 0 amide bonds. The van der Waals surface area contributed by atoms with Gasteiger partial charge in [-0.15, -0.1) is 0 Å². The molecule has 2 rings (SSSR count). The summed E-state index contributed by atoms with van der Waals surface area (Å²) in [7, 11) is -11.0. The van der Waals surface area contributed by atoms with Gasteiger partial charge in [-0.3, -0.25) is 28.0 Å². The molecule has 7 atom stereocenters. The maximum atomic E-state index is 12.9. The maximum Gasteiger partial charge on any atom is 0.481 e. The first kappa shape index (κ1) is 66.5. The van der Waals surface area contributed by atoms with E-state index in [4.69, 9.17) is 29.0 Å². The molecule has 0 radical (unpaired) electrons. The number of carbonyl (C=O) groups is 3. The lowest BCUT2D eigenvalue weighted by molar-refractivity contribution is -0.161. The van der Waals surface area contributed by atoms with Crippen LogP contribution in [0, 0.1) is 5.92 Å². The number of phosphoric ester groups is 2. The molecule has 2 unspecified atom stereocenters. The highest BCUT2D eigenvalue weighted by molar-refractivity contribution is 7.61. The maximum absolute atomic E-state index is 12.9. The molecule has 74 heavy (non-hydrogen) atoms. The van der Waals surface area contributed by atoms with Crippen LogP contribution in [0.5, 0.6) is 0 Å². The van der Waals surface area contributed by atoms with Crippen molar-refractivity contribution in [2.45, 2.75) is 218 Å². The summed E-state index contributed by atoms with van der Waals surface area (Å²) in [6.45, 7) is 4.24. The summed E-state index contributed by atoms with van der Waals surface area (Å²) in [6.07, 6.45) is 33.4. The molecule has 19 nitrogen and oxygen atoms in total. The highest BCUT2D eigenvalue weighted by atomic mass is 31.3. The van der Waals surface area contributed by atoms with E-state index in [9.17, 15) is 48.3 Å². The fourth-order valence-corrected chi connectivity index (χ4v) is 9.97. The molecule has 0 spiro atoms. The van der Waals surface area contributed by atoms with Crippen LogP contribution in [0.2, 0.25) is 0 Å². The van der Waals surface area contributed by atoms with Crippen LogP contribution >= 0.6 is 15.6 Å². The molecular formula is C53H89N3O16P2. The summed E-state index contributed by atoms with van der Waals surface area (Å²) in [5.74, 6) is -0.992. The van der Waals surface area contributed by atoms with E-state index in [1.54, 1.807) is 12.2 Å². The molecule has 0 aliphatic carbocycles. The number of nitrogens with two attached hydrogens (primary N) is 1. The number of allylic oxidation sites excluding steroid dienone is 8. The van der Waals surface area contributed by atoms with Crippen molar-refractivity contribution in [1.82, 2.24) is 9.55 Å². The summed E-state index contributed by atoms with van der Waals surface area (Å²) < 4.78 is 56.6. The highest BCUT2D eigenvalue weighted by Gasteiger charge is 2.46. The molecule has 1 aliphatic rings. The number of ether oxygens (including phenoxy) is 3. The first-order valence-electron chi connectivity index (χ1n) is 27.0. The molecule has 0 aromatic carbocycles. The largest absolute Gasteiger partial charge is 0.481 e. The average molecular weight is 1090 g/mol. The van der Waals surface area contributed by atoms with Gasteiger partial charge in [-0.2, -0.15) is 9.29 Å². The van der Waals surface area contributed by atoms with Gasteiger partial charge in [-0.25, -0.2) is 13.9 Å². The van der Waals surface area contributed by atoms with Gasteiger partial charge in [-0.05, 0) is 56.6 Å². The second kappa shape index (κ2) is 39.7. The Bertz CT molecular complexity index is 2010. The predicted molar refractivity (Wildman–Crippen MR) is 284 cm³/mol. The van der Waals surface area contributed by atoms with Crippen LogP contribution in [0.15, 0.2) is 65.7 Å². The number of nitrogen functional groups attached to an aromatic ring is 1. The number of phosphoric acid groups is 2. The number of hydrogen-bond donors (Lipinski definition) is 5. The number of rotatable bonds is 44. The van der Waals surface area contributed by atoms with Crippen molar-refractivity contribution >= 4 is 39.2 Å². The average Bonchev–Trinajstić information content (AvgIpc) is 3.62. The Hall–Kier alpha value is -3.61. The zero-order valence-corrected chi connectivity index (χ0v) is 46.1. The molecule has 1 fully saturated rings. The Labute approximate surface area is 439 Å². The molecule has 1 aromatic rings. The first-order chi connectivity index (χ1) is 35.4. The van der Waals surface area contributed by atoms with E-state index in [0.29, 0.717) is 12.8 Å². The van der Waals surface area contributed by atoms with Gasteiger partial charge in [0.15, 0.2) is 18.1 Å². The topological polar surface area (TPSA) is 283 Å². The lowest BCUT2D eigenvalue weighted by Crippen LogP contribution is -2.36. The minimum Gasteiger partial charge on any atom is -0.462 e. The van der Waals surface area contributed by atoms with E-state index in [1.165, 1.54) is 102 Å². The molecule has 1 saturated heterocycles. The number of ketones is 1. The lowest BCUT2D eigenvalue weighted by atomic mass is 10.0. The molecule has 1 aliphatic heterocycles. The van der Waals surface area contributed by atoms with Crippen LogP contribution in [0.3, 0.4) is 0 Å². The number of unbranched alkanes of at least 4 members (excludes halogenated alkanes) is 17. The first-order valence-corrected chi connectivity index (χ1v) is 30.0. The van der Waals surface area contributed by atoms with E-state index in [0.717, 1.165) is 55.2 Å². The smallest absolute Gasteiger partial charge is 0.462 e. The van der Waals surface area contributed by atoms with Crippen molar-refractivity contribution in [3.05, 3.63) is 71.4 Å². The molecule has 0 bridgehead atoms. The Kier molecular flexibility index (Phi) is 35.7. The fraction of sp³-hybridized carbons (Fsp3) is 0.717. The van der Waals surface area contributed by atoms with Crippen LogP contribution in [0.4, 0.5) is 5.82 Å². The van der Waals surface area contributed by atoms with Gasteiger partial charge in [0.05, 0.1) is 13.2 Å². The summed E-state index contributed by atoms with van der Waals surface area (Å²) in [4.78, 5) is 74.4. The zero-order chi connectivity index (χ0) is 54.5. The number of anilines is 1.